The third-order valence-corrected chi connectivity index (χ3v) is 4.73. The SMILES string of the molecule is CN(C)Cc1ccc([O][Zr+2][O]c2ccc(CN(C)C)cc2)cc1.[Cl-].[Cl-]. The molecule has 7 heteroatoms. The van der Waals surface area contributed by atoms with Gasteiger partial charge in [-0.05, 0) is 0 Å². The molecule has 0 radical (unpaired) electrons. The Hall–Kier alpha value is -0.577. The van der Waals surface area contributed by atoms with Gasteiger partial charge in [-0.2, -0.15) is 0 Å². The molecular formula is C18H24Cl2N2O2Zr. The Balaban J connectivity index is 0.00000288. The van der Waals surface area contributed by atoms with Gasteiger partial charge in [0.1, 0.15) is 0 Å². The average molecular weight is 463 g/mol. The first-order valence-electron chi connectivity index (χ1n) is 7.59. The first-order chi connectivity index (χ1) is 11.0. The van der Waals surface area contributed by atoms with Crippen LogP contribution < -0.4 is 30.4 Å². The maximum atomic E-state index is 5.79. The topological polar surface area (TPSA) is 24.9 Å². The van der Waals surface area contributed by atoms with Crippen LogP contribution in [-0.4, -0.2) is 38.0 Å². The molecule has 0 N–H and O–H groups in total. The molecule has 25 heavy (non-hydrogen) atoms. The summed E-state index contributed by atoms with van der Waals surface area (Å²) in [6.45, 7) is 1.88. The smallest absolute Gasteiger partial charge is 1.00 e. The predicted molar refractivity (Wildman–Crippen MR) is 88.9 cm³/mol. The molecule has 0 fully saturated rings. The van der Waals surface area contributed by atoms with Gasteiger partial charge in [0, 0.05) is 0 Å². The molecule has 0 aromatic heterocycles. The van der Waals surface area contributed by atoms with Crippen LogP contribution in [0, 0.1) is 0 Å². The van der Waals surface area contributed by atoms with Crippen LogP contribution >= 0.6 is 0 Å². The number of hydrogen-bond donors (Lipinski definition) is 0. The molecule has 0 spiro atoms. The first-order valence-corrected chi connectivity index (χ1v) is 9.59. The Morgan fingerprint density at radius 3 is 1.24 bits per heavy atom. The van der Waals surface area contributed by atoms with Crippen molar-refractivity contribution in [2.24, 2.45) is 0 Å². The van der Waals surface area contributed by atoms with E-state index < -0.39 is 24.1 Å². The van der Waals surface area contributed by atoms with E-state index >= 15 is 0 Å². The Bertz CT molecular complexity index is 540. The molecule has 0 aliphatic carbocycles. The minimum Gasteiger partial charge on any atom is -1.00 e. The second kappa shape index (κ2) is 12.7. The molecule has 0 saturated carbocycles. The van der Waals surface area contributed by atoms with E-state index in [-0.39, 0.29) is 24.8 Å². The van der Waals surface area contributed by atoms with E-state index in [9.17, 15) is 0 Å². The monoisotopic (exact) mass is 460 g/mol. The number of benzene rings is 2. The van der Waals surface area contributed by atoms with Crippen LogP contribution in [0.1, 0.15) is 11.1 Å². The summed E-state index contributed by atoms with van der Waals surface area (Å²) in [5.74, 6) is 1.78. The Labute approximate surface area is 176 Å². The molecule has 0 unspecified atom stereocenters. The van der Waals surface area contributed by atoms with Crippen molar-refractivity contribution in [3.8, 4) is 11.5 Å². The quantitative estimate of drug-likeness (QED) is 0.423. The molecule has 0 aliphatic rings. The molecule has 0 atom stereocenters. The fourth-order valence-electron chi connectivity index (χ4n) is 2.17. The van der Waals surface area contributed by atoms with Crippen molar-refractivity contribution in [2.45, 2.75) is 13.1 Å². The van der Waals surface area contributed by atoms with Gasteiger partial charge in [-0.3, -0.25) is 0 Å². The molecule has 4 nitrogen and oxygen atoms in total. The van der Waals surface area contributed by atoms with Gasteiger partial charge in [0.05, 0.1) is 0 Å². The maximum Gasteiger partial charge on any atom is -1.00 e. The third kappa shape index (κ3) is 9.62. The zero-order chi connectivity index (χ0) is 16.7. The van der Waals surface area contributed by atoms with Crippen LogP contribution in [0.15, 0.2) is 48.5 Å². The van der Waals surface area contributed by atoms with E-state index in [2.05, 4.69) is 62.3 Å². The number of hydrogen-bond acceptors (Lipinski definition) is 4. The molecule has 0 heterocycles. The zero-order valence-electron chi connectivity index (χ0n) is 15.0. The van der Waals surface area contributed by atoms with Crippen LogP contribution in [0.3, 0.4) is 0 Å². The molecule has 2 aromatic rings. The van der Waals surface area contributed by atoms with Gasteiger partial charge in [-0.25, -0.2) is 0 Å². The van der Waals surface area contributed by atoms with Crippen LogP contribution in [-0.2, 0) is 37.2 Å². The second-order valence-electron chi connectivity index (χ2n) is 6.05. The zero-order valence-corrected chi connectivity index (χ0v) is 19.0. The van der Waals surface area contributed by atoms with Crippen molar-refractivity contribution in [1.82, 2.24) is 9.80 Å². The first kappa shape index (κ1) is 24.4. The molecule has 0 amide bonds. The molecule has 2 rings (SSSR count). The van der Waals surface area contributed by atoms with E-state index in [1.165, 1.54) is 11.1 Å². The number of halogens is 2. The molecule has 136 valence electrons. The van der Waals surface area contributed by atoms with Crippen LogP contribution in [0.4, 0.5) is 0 Å². The summed E-state index contributed by atoms with van der Waals surface area (Å²) >= 11 is -1.36. The second-order valence-corrected chi connectivity index (χ2v) is 7.46. The van der Waals surface area contributed by atoms with Crippen molar-refractivity contribution in [2.75, 3.05) is 28.2 Å². The van der Waals surface area contributed by atoms with Gasteiger partial charge in [-0.1, -0.05) is 0 Å². The van der Waals surface area contributed by atoms with Crippen molar-refractivity contribution < 1.29 is 54.6 Å². The van der Waals surface area contributed by atoms with Gasteiger partial charge in [0.2, 0.25) is 0 Å². The summed E-state index contributed by atoms with van der Waals surface area (Å²) < 4.78 is 11.6. The summed E-state index contributed by atoms with van der Waals surface area (Å²) in [7, 11) is 8.26. The van der Waals surface area contributed by atoms with Crippen molar-refractivity contribution >= 4 is 0 Å². The summed E-state index contributed by atoms with van der Waals surface area (Å²) in [5, 5.41) is 0. The number of nitrogens with zero attached hydrogens (tertiary/aromatic N) is 2. The van der Waals surface area contributed by atoms with Crippen LogP contribution in [0.5, 0.6) is 11.5 Å². The van der Waals surface area contributed by atoms with Crippen LogP contribution in [0.2, 0.25) is 0 Å². The summed E-state index contributed by atoms with van der Waals surface area (Å²) in [6, 6.07) is 16.5. The Morgan fingerprint density at radius 2 is 0.960 bits per heavy atom. The van der Waals surface area contributed by atoms with E-state index in [4.69, 9.17) is 5.63 Å². The molecule has 0 aliphatic heterocycles. The Morgan fingerprint density at radius 1 is 0.640 bits per heavy atom. The van der Waals surface area contributed by atoms with Crippen molar-refractivity contribution in [1.29, 1.82) is 0 Å². The van der Waals surface area contributed by atoms with E-state index in [0.29, 0.717) is 0 Å². The van der Waals surface area contributed by atoms with Gasteiger partial charge in [-0.15, -0.1) is 0 Å². The van der Waals surface area contributed by atoms with Crippen LogP contribution in [0.25, 0.3) is 0 Å². The standard InChI is InChI=1S/2C9H13NO.2ClH.Zr/c2*1-10(2)7-8-3-5-9(11)6-4-8;;;/h2*3-6,11H,7H2,1-2H3;2*1H;/q;;;;+4/p-4. The summed E-state index contributed by atoms with van der Waals surface area (Å²) in [5.41, 5.74) is 2.57. The molecule has 0 saturated heterocycles. The third-order valence-electron chi connectivity index (χ3n) is 3.16. The van der Waals surface area contributed by atoms with Crippen molar-refractivity contribution in [3.63, 3.8) is 0 Å². The molecule has 2 aromatic carbocycles. The largest absolute Gasteiger partial charge is 1.00 e. The minimum atomic E-state index is -1.36. The van der Waals surface area contributed by atoms with Gasteiger partial charge in [0.25, 0.3) is 0 Å². The average Bonchev–Trinajstić information content (AvgIpc) is 2.50. The van der Waals surface area contributed by atoms with Crippen molar-refractivity contribution in [3.05, 3.63) is 59.7 Å². The molecule has 0 bridgehead atoms. The predicted octanol–water partition coefficient (Wildman–Crippen LogP) is -2.81. The Kier molecular flexibility index (Phi) is 12.4. The van der Waals surface area contributed by atoms with Gasteiger partial charge >= 0.3 is 152 Å². The number of rotatable bonds is 8. The summed E-state index contributed by atoms with van der Waals surface area (Å²) in [4.78, 5) is 4.30. The minimum absolute atomic E-state index is 0. The maximum absolute atomic E-state index is 5.79. The van der Waals surface area contributed by atoms with Gasteiger partial charge < -0.3 is 24.8 Å². The van der Waals surface area contributed by atoms with E-state index in [1.54, 1.807) is 0 Å². The fourth-order valence-corrected chi connectivity index (χ4v) is 3.42. The van der Waals surface area contributed by atoms with E-state index in [1.807, 2.05) is 24.3 Å². The van der Waals surface area contributed by atoms with E-state index in [0.717, 1.165) is 24.6 Å². The normalized spacial score (nSPS) is 9.84. The fraction of sp³-hybridized carbons (Fsp3) is 0.333. The summed E-state index contributed by atoms with van der Waals surface area (Å²) in [6.07, 6.45) is 0. The molecular weight excluding hydrogens is 438 g/mol. The van der Waals surface area contributed by atoms with Gasteiger partial charge in [0.15, 0.2) is 0 Å².